The van der Waals surface area contributed by atoms with Crippen LogP contribution in [0.15, 0.2) is 12.3 Å². The molecule has 4 N–H and O–H groups in total. The van der Waals surface area contributed by atoms with Crippen molar-refractivity contribution in [1.29, 1.82) is 0 Å². The predicted octanol–water partition coefficient (Wildman–Crippen LogP) is 1.06. The first-order valence-electron chi connectivity index (χ1n) is 5.23. The maximum atomic E-state index is 11.2. The summed E-state index contributed by atoms with van der Waals surface area (Å²) in [6.07, 6.45) is 2.58. The van der Waals surface area contributed by atoms with Gasteiger partial charge in [-0.05, 0) is 19.9 Å². The van der Waals surface area contributed by atoms with Crippen LogP contribution >= 0.6 is 11.6 Å². The van der Waals surface area contributed by atoms with E-state index in [0.717, 1.165) is 6.26 Å². The Morgan fingerprint density at radius 3 is 2.61 bits per heavy atom. The molecule has 6 nitrogen and oxygen atoms in total. The fraction of sp³-hybridized carbons (Fsp3) is 0.500. The van der Waals surface area contributed by atoms with E-state index in [2.05, 4.69) is 15.0 Å². The van der Waals surface area contributed by atoms with Crippen molar-refractivity contribution in [3.63, 3.8) is 0 Å². The van der Waals surface area contributed by atoms with Gasteiger partial charge in [0.25, 0.3) is 0 Å². The van der Waals surface area contributed by atoms with Crippen molar-refractivity contribution in [1.82, 2.24) is 9.71 Å². The quantitative estimate of drug-likeness (QED) is 0.754. The minimum Gasteiger partial charge on any atom is -0.396 e. The van der Waals surface area contributed by atoms with Gasteiger partial charge >= 0.3 is 0 Å². The molecule has 0 aliphatic heterocycles. The second kappa shape index (κ2) is 5.29. The first-order chi connectivity index (χ1) is 8.09. The summed E-state index contributed by atoms with van der Waals surface area (Å²) in [5, 5.41) is 3.43. The van der Waals surface area contributed by atoms with Gasteiger partial charge in [0.2, 0.25) is 10.0 Å². The van der Waals surface area contributed by atoms with E-state index in [1.807, 2.05) is 0 Å². The number of hydrogen-bond acceptors (Lipinski definition) is 5. The number of pyridine rings is 1. The standard InChI is InChI=1S/C10H17ClN4O2S/c1-10(2,15-18(3,16)17)6-14-9-8(12)4-7(11)5-13-9/h4-5,15H,6,12H2,1-3H3,(H,13,14). The fourth-order valence-electron chi connectivity index (χ4n) is 1.45. The number of aromatic nitrogens is 1. The lowest BCUT2D eigenvalue weighted by atomic mass is 10.1. The largest absolute Gasteiger partial charge is 0.396 e. The number of sulfonamides is 1. The van der Waals surface area contributed by atoms with E-state index < -0.39 is 15.6 Å². The minimum atomic E-state index is -3.27. The van der Waals surface area contributed by atoms with Crippen LogP contribution in [0.3, 0.4) is 0 Å². The lowest BCUT2D eigenvalue weighted by Crippen LogP contribution is -2.47. The Bertz CT molecular complexity index is 531. The molecule has 0 spiro atoms. The lowest BCUT2D eigenvalue weighted by Gasteiger charge is -2.25. The first kappa shape index (κ1) is 15.0. The van der Waals surface area contributed by atoms with Crippen LogP contribution in [0, 0.1) is 0 Å². The monoisotopic (exact) mass is 292 g/mol. The third-order valence-corrected chi connectivity index (χ3v) is 3.17. The Labute approximate surface area is 112 Å². The third kappa shape index (κ3) is 5.07. The molecule has 0 aliphatic rings. The molecule has 0 saturated heterocycles. The summed E-state index contributed by atoms with van der Waals surface area (Å²) in [5.74, 6) is 0.475. The van der Waals surface area contributed by atoms with Gasteiger partial charge in [0, 0.05) is 18.3 Å². The van der Waals surface area contributed by atoms with Crippen LogP contribution in [0.5, 0.6) is 0 Å². The van der Waals surface area contributed by atoms with Crippen molar-refractivity contribution < 1.29 is 8.42 Å². The first-order valence-corrected chi connectivity index (χ1v) is 7.50. The molecule has 0 amide bonds. The second-order valence-corrected chi connectivity index (χ2v) is 6.89. The van der Waals surface area contributed by atoms with Gasteiger partial charge in [0.15, 0.2) is 0 Å². The normalized spacial score (nSPS) is 12.4. The zero-order valence-electron chi connectivity index (χ0n) is 10.5. The average Bonchev–Trinajstić information content (AvgIpc) is 2.12. The van der Waals surface area contributed by atoms with E-state index in [9.17, 15) is 8.42 Å². The van der Waals surface area contributed by atoms with Crippen LogP contribution in [-0.2, 0) is 10.0 Å². The van der Waals surface area contributed by atoms with E-state index in [0.29, 0.717) is 23.1 Å². The highest BCUT2D eigenvalue weighted by Gasteiger charge is 2.22. The zero-order chi connectivity index (χ0) is 14.0. The van der Waals surface area contributed by atoms with Crippen molar-refractivity contribution in [2.75, 3.05) is 23.9 Å². The number of rotatable bonds is 5. The predicted molar refractivity (Wildman–Crippen MR) is 74.2 cm³/mol. The molecule has 1 heterocycles. The number of hydrogen-bond donors (Lipinski definition) is 3. The van der Waals surface area contributed by atoms with E-state index in [-0.39, 0.29) is 0 Å². The second-order valence-electron chi connectivity index (χ2n) is 4.70. The maximum Gasteiger partial charge on any atom is 0.209 e. The van der Waals surface area contributed by atoms with Crippen molar-refractivity contribution >= 4 is 33.1 Å². The van der Waals surface area contributed by atoms with Gasteiger partial charge in [-0.25, -0.2) is 18.1 Å². The average molecular weight is 293 g/mol. The van der Waals surface area contributed by atoms with Gasteiger partial charge in [0.1, 0.15) is 5.82 Å². The van der Waals surface area contributed by atoms with Gasteiger partial charge in [-0.1, -0.05) is 11.6 Å². The zero-order valence-corrected chi connectivity index (χ0v) is 12.1. The molecule has 0 unspecified atom stereocenters. The van der Waals surface area contributed by atoms with E-state index in [4.69, 9.17) is 17.3 Å². The van der Waals surface area contributed by atoms with Gasteiger partial charge in [0.05, 0.1) is 17.0 Å². The molecular weight excluding hydrogens is 276 g/mol. The van der Waals surface area contributed by atoms with E-state index in [1.165, 1.54) is 6.20 Å². The third-order valence-electron chi connectivity index (χ3n) is 2.04. The molecule has 0 radical (unpaired) electrons. The molecular formula is C10H17ClN4O2S. The van der Waals surface area contributed by atoms with Gasteiger partial charge in [-0.3, -0.25) is 0 Å². The van der Waals surface area contributed by atoms with E-state index >= 15 is 0 Å². The SMILES string of the molecule is CC(C)(CNc1ncc(Cl)cc1N)NS(C)(=O)=O. The summed E-state index contributed by atoms with van der Waals surface area (Å²) >= 11 is 5.73. The molecule has 8 heteroatoms. The molecule has 0 aromatic carbocycles. The molecule has 0 saturated carbocycles. The molecule has 0 fully saturated rings. The van der Waals surface area contributed by atoms with Gasteiger partial charge in [-0.2, -0.15) is 0 Å². The Hall–Kier alpha value is -1.05. The Kier molecular flexibility index (Phi) is 4.41. The number of anilines is 2. The summed E-state index contributed by atoms with van der Waals surface area (Å²) in [5.41, 5.74) is 5.49. The molecule has 0 aliphatic carbocycles. The van der Waals surface area contributed by atoms with Crippen LogP contribution in [0.4, 0.5) is 11.5 Å². The molecule has 0 atom stereocenters. The molecule has 1 aromatic heterocycles. The van der Waals surface area contributed by atoms with Gasteiger partial charge < -0.3 is 11.1 Å². The molecule has 0 bridgehead atoms. The summed E-state index contributed by atoms with van der Waals surface area (Å²) in [7, 11) is -3.27. The highest BCUT2D eigenvalue weighted by Crippen LogP contribution is 2.20. The number of nitrogens with two attached hydrogens (primary N) is 1. The summed E-state index contributed by atoms with van der Waals surface area (Å²) < 4.78 is 24.9. The maximum absolute atomic E-state index is 11.2. The molecule has 1 aromatic rings. The lowest BCUT2D eigenvalue weighted by molar-refractivity contribution is 0.476. The Morgan fingerprint density at radius 1 is 1.50 bits per heavy atom. The van der Waals surface area contributed by atoms with Crippen LogP contribution in [0.2, 0.25) is 5.02 Å². The molecule has 102 valence electrons. The summed E-state index contributed by atoms with van der Waals surface area (Å²) in [6, 6.07) is 1.58. The van der Waals surface area contributed by atoms with Crippen LogP contribution in [0.1, 0.15) is 13.8 Å². The number of nitrogens with one attached hydrogen (secondary N) is 2. The summed E-state index contributed by atoms with van der Waals surface area (Å²) in [6.45, 7) is 3.86. The van der Waals surface area contributed by atoms with Gasteiger partial charge in [-0.15, -0.1) is 0 Å². The van der Waals surface area contributed by atoms with Crippen molar-refractivity contribution in [2.24, 2.45) is 0 Å². The fourth-order valence-corrected chi connectivity index (χ4v) is 2.69. The van der Waals surface area contributed by atoms with Crippen molar-refractivity contribution in [3.05, 3.63) is 17.3 Å². The minimum absolute atomic E-state index is 0.346. The van der Waals surface area contributed by atoms with Crippen molar-refractivity contribution in [3.8, 4) is 0 Å². The molecule has 1 rings (SSSR count). The van der Waals surface area contributed by atoms with E-state index in [1.54, 1.807) is 19.9 Å². The van der Waals surface area contributed by atoms with Crippen molar-refractivity contribution in [2.45, 2.75) is 19.4 Å². The smallest absolute Gasteiger partial charge is 0.209 e. The topological polar surface area (TPSA) is 97.1 Å². The van der Waals surface area contributed by atoms with Crippen LogP contribution in [-0.4, -0.2) is 31.7 Å². The van der Waals surface area contributed by atoms with Crippen LogP contribution < -0.4 is 15.8 Å². The van der Waals surface area contributed by atoms with Crippen LogP contribution in [0.25, 0.3) is 0 Å². The Morgan fingerprint density at radius 2 is 2.11 bits per heavy atom. The number of halogens is 1. The molecule has 18 heavy (non-hydrogen) atoms. The highest BCUT2D eigenvalue weighted by atomic mass is 35.5. The Balaban J connectivity index is 2.70. The number of nitrogens with zero attached hydrogens (tertiary/aromatic N) is 1. The highest BCUT2D eigenvalue weighted by molar-refractivity contribution is 7.88. The number of nitrogen functional groups attached to an aromatic ring is 1. The summed E-state index contributed by atoms with van der Waals surface area (Å²) in [4.78, 5) is 4.03.